The molecule has 0 aromatic heterocycles. The van der Waals surface area contributed by atoms with Crippen molar-refractivity contribution in [1.29, 1.82) is 0 Å². The Kier molecular flexibility index (Phi) is 6.04. The molecule has 0 heterocycles. The molecule has 0 saturated heterocycles. The van der Waals surface area contributed by atoms with Crippen LogP contribution >= 0.6 is 24.0 Å². The number of rotatable bonds is 3. The minimum Gasteiger partial charge on any atom is -0.370 e. The van der Waals surface area contributed by atoms with Crippen molar-refractivity contribution in [2.45, 2.75) is 39.7 Å². The maximum absolute atomic E-state index is 6.02. The van der Waals surface area contributed by atoms with Gasteiger partial charge in [0.25, 0.3) is 0 Å². The van der Waals surface area contributed by atoms with Gasteiger partial charge in [-0.3, -0.25) is 0 Å². The largest absolute Gasteiger partial charge is 0.370 e. The van der Waals surface area contributed by atoms with E-state index in [0.717, 1.165) is 5.69 Å². The summed E-state index contributed by atoms with van der Waals surface area (Å²) in [6.45, 7) is 4.82. The molecule has 2 aromatic rings. The maximum Gasteiger partial charge on any atom is 0.193 e. The standard InChI is InChI=1S/C19H23N3.HI/c1-13-6-7-17(14(2)10-13)12-21-19(20)22-18-9-8-15-4-3-5-16(15)11-18;/h6-11H,3-5,12H2,1-2H3,(H3,20,21,22);1H. The molecule has 3 nitrogen and oxygen atoms in total. The number of guanidine groups is 1. The quantitative estimate of drug-likeness (QED) is 0.440. The van der Waals surface area contributed by atoms with E-state index in [0.29, 0.717) is 12.5 Å². The first-order valence-corrected chi connectivity index (χ1v) is 7.87. The Hall–Kier alpha value is -1.56. The van der Waals surface area contributed by atoms with Crippen molar-refractivity contribution in [3.05, 3.63) is 64.2 Å². The second kappa shape index (κ2) is 7.81. The van der Waals surface area contributed by atoms with Gasteiger partial charge in [0.05, 0.1) is 6.54 Å². The number of nitrogens with zero attached hydrogens (tertiary/aromatic N) is 1. The molecule has 0 saturated carbocycles. The Morgan fingerprint density at radius 2 is 1.87 bits per heavy atom. The summed E-state index contributed by atoms with van der Waals surface area (Å²) in [6.07, 6.45) is 3.63. The van der Waals surface area contributed by atoms with Gasteiger partial charge in [-0.2, -0.15) is 0 Å². The van der Waals surface area contributed by atoms with Crippen LogP contribution in [0.15, 0.2) is 41.4 Å². The average Bonchev–Trinajstić information content (AvgIpc) is 2.94. The lowest BCUT2D eigenvalue weighted by molar-refractivity contribution is 0.912. The molecule has 0 bridgehead atoms. The minimum absolute atomic E-state index is 0. The molecular formula is C19H24IN3. The zero-order valence-corrected chi connectivity index (χ0v) is 16.1. The van der Waals surface area contributed by atoms with Gasteiger partial charge in [-0.1, -0.05) is 29.8 Å². The Labute approximate surface area is 155 Å². The lowest BCUT2D eigenvalue weighted by Gasteiger charge is -2.09. The fraction of sp³-hybridized carbons (Fsp3) is 0.316. The number of aliphatic imine (C=N–C) groups is 1. The van der Waals surface area contributed by atoms with Gasteiger partial charge in [0.1, 0.15) is 0 Å². The van der Waals surface area contributed by atoms with Crippen molar-refractivity contribution in [3.8, 4) is 0 Å². The summed E-state index contributed by atoms with van der Waals surface area (Å²) in [5.74, 6) is 0.470. The van der Waals surface area contributed by atoms with Crippen molar-refractivity contribution >= 4 is 35.6 Å². The summed E-state index contributed by atoms with van der Waals surface area (Å²) < 4.78 is 0. The van der Waals surface area contributed by atoms with E-state index in [1.165, 1.54) is 47.1 Å². The molecule has 0 atom stereocenters. The van der Waals surface area contributed by atoms with Crippen LogP contribution in [0.5, 0.6) is 0 Å². The fourth-order valence-electron chi connectivity index (χ4n) is 3.03. The van der Waals surface area contributed by atoms with E-state index in [-0.39, 0.29) is 24.0 Å². The third-order valence-corrected chi connectivity index (χ3v) is 4.29. The summed E-state index contributed by atoms with van der Waals surface area (Å²) in [5, 5.41) is 3.20. The summed E-state index contributed by atoms with van der Waals surface area (Å²) in [7, 11) is 0. The van der Waals surface area contributed by atoms with Crippen molar-refractivity contribution in [1.82, 2.24) is 0 Å². The second-order valence-corrected chi connectivity index (χ2v) is 6.09. The third-order valence-electron chi connectivity index (χ3n) is 4.29. The van der Waals surface area contributed by atoms with Crippen LogP contribution in [0.2, 0.25) is 0 Å². The molecule has 0 unspecified atom stereocenters. The van der Waals surface area contributed by atoms with Gasteiger partial charge in [-0.05, 0) is 67.5 Å². The molecule has 3 rings (SSSR count). The molecule has 122 valence electrons. The number of anilines is 1. The molecule has 2 aromatic carbocycles. The van der Waals surface area contributed by atoms with Crippen LogP contribution in [0, 0.1) is 13.8 Å². The van der Waals surface area contributed by atoms with Crippen LogP contribution in [0.3, 0.4) is 0 Å². The number of fused-ring (bicyclic) bond motifs is 1. The van der Waals surface area contributed by atoms with Gasteiger partial charge in [-0.15, -0.1) is 24.0 Å². The molecule has 0 aliphatic heterocycles. The highest BCUT2D eigenvalue weighted by Crippen LogP contribution is 2.24. The van der Waals surface area contributed by atoms with Crippen LogP contribution in [-0.2, 0) is 19.4 Å². The van der Waals surface area contributed by atoms with Gasteiger partial charge in [0.2, 0.25) is 0 Å². The smallest absolute Gasteiger partial charge is 0.193 e. The molecule has 0 amide bonds. The highest BCUT2D eigenvalue weighted by Gasteiger charge is 2.10. The minimum atomic E-state index is 0. The zero-order chi connectivity index (χ0) is 15.5. The molecule has 1 aliphatic rings. The topological polar surface area (TPSA) is 50.4 Å². The van der Waals surface area contributed by atoms with E-state index >= 15 is 0 Å². The zero-order valence-electron chi connectivity index (χ0n) is 13.7. The van der Waals surface area contributed by atoms with E-state index in [2.05, 4.69) is 60.6 Å². The monoisotopic (exact) mass is 421 g/mol. The molecule has 1 aliphatic carbocycles. The van der Waals surface area contributed by atoms with Crippen molar-refractivity contribution in [2.24, 2.45) is 10.7 Å². The molecular weight excluding hydrogens is 397 g/mol. The first kappa shape index (κ1) is 17.8. The van der Waals surface area contributed by atoms with Crippen molar-refractivity contribution in [2.75, 3.05) is 5.32 Å². The van der Waals surface area contributed by atoms with Crippen LogP contribution in [0.4, 0.5) is 5.69 Å². The van der Waals surface area contributed by atoms with Gasteiger partial charge < -0.3 is 11.1 Å². The number of hydrogen-bond acceptors (Lipinski definition) is 1. The van der Waals surface area contributed by atoms with E-state index in [1.807, 2.05) is 0 Å². The Morgan fingerprint density at radius 3 is 2.65 bits per heavy atom. The summed E-state index contributed by atoms with van der Waals surface area (Å²) in [4.78, 5) is 4.46. The summed E-state index contributed by atoms with van der Waals surface area (Å²) >= 11 is 0. The summed E-state index contributed by atoms with van der Waals surface area (Å²) in [6, 6.07) is 12.9. The van der Waals surface area contributed by atoms with Crippen molar-refractivity contribution < 1.29 is 0 Å². The predicted molar refractivity (Wildman–Crippen MR) is 109 cm³/mol. The van der Waals surface area contributed by atoms with Crippen molar-refractivity contribution in [3.63, 3.8) is 0 Å². The Balaban J connectivity index is 0.00000192. The van der Waals surface area contributed by atoms with E-state index in [9.17, 15) is 0 Å². The number of nitrogens with two attached hydrogens (primary N) is 1. The van der Waals surface area contributed by atoms with Gasteiger partial charge in [0.15, 0.2) is 5.96 Å². The highest BCUT2D eigenvalue weighted by atomic mass is 127. The van der Waals surface area contributed by atoms with E-state index in [4.69, 9.17) is 5.73 Å². The third kappa shape index (κ3) is 4.47. The van der Waals surface area contributed by atoms with Gasteiger partial charge >= 0.3 is 0 Å². The summed E-state index contributed by atoms with van der Waals surface area (Å²) in [5.41, 5.74) is 13.7. The maximum atomic E-state index is 6.02. The normalized spacial score (nSPS) is 13.4. The lowest BCUT2D eigenvalue weighted by atomic mass is 10.1. The number of nitrogens with one attached hydrogen (secondary N) is 1. The first-order chi connectivity index (χ1) is 10.6. The lowest BCUT2D eigenvalue weighted by Crippen LogP contribution is -2.22. The molecule has 23 heavy (non-hydrogen) atoms. The Bertz CT molecular complexity index is 723. The molecule has 4 heteroatoms. The molecule has 3 N–H and O–H groups in total. The number of benzene rings is 2. The SMILES string of the molecule is Cc1ccc(CN=C(N)Nc2ccc3c(c2)CCC3)c(C)c1.I. The van der Waals surface area contributed by atoms with Crippen LogP contribution in [0.25, 0.3) is 0 Å². The van der Waals surface area contributed by atoms with Crippen LogP contribution in [0.1, 0.15) is 34.2 Å². The predicted octanol–water partition coefficient (Wildman–Crippen LogP) is 4.34. The van der Waals surface area contributed by atoms with E-state index < -0.39 is 0 Å². The number of halogens is 1. The molecule has 0 spiro atoms. The van der Waals surface area contributed by atoms with E-state index in [1.54, 1.807) is 0 Å². The van der Waals surface area contributed by atoms with Gasteiger partial charge in [0, 0.05) is 5.69 Å². The second-order valence-electron chi connectivity index (χ2n) is 6.09. The average molecular weight is 421 g/mol. The molecule has 0 fully saturated rings. The Morgan fingerprint density at radius 1 is 1.09 bits per heavy atom. The van der Waals surface area contributed by atoms with Crippen LogP contribution < -0.4 is 11.1 Å². The fourth-order valence-corrected chi connectivity index (χ4v) is 3.03. The van der Waals surface area contributed by atoms with Gasteiger partial charge in [-0.25, -0.2) is 4.99 Å². The number of hydrogen-bond donors (Lipinski definition) is 2. The number of aryl methyl sites for hydroxylation is 4. The van der Waals surface area contributed by atoms with Crippen LogP contribution in [-0.4, -0.2) is 5.96 Å². The highest BCUT2D eigenvalue weighted by molar-refractivity contribution is 14.0. The molecule has 0 radical (unpaired) electrons. The first-order valence-electron chi connectivity index (χ1n) is 7.87.